The molecule has 1 atom stereocenters. The highest BCUT2D eigenvalue weighted by Gasteiger charge is 2.21. The van der Waals surface area contributed by atoms with E-state index in [1.165, 1.54) is 6.42 Å². The van der Waals surface area contributed by atoms with Crippen molar-refractivity contribution in [2.75, 3.05) is 18.0 Å². The highest BCUT2D eigenvalue weighted by Crippen LogP contribution is 2.26. The lowest BCUT2D eigenvalue weighted by molar-refractivity contribution is 0.0564. The first-order valence-corrected chi connectivity index (χ1v) is 10.00. The van der Waals surface area contributed by atoms with Crippen LogP contribution in [0.5, 0.6) is 0 Å². The molecule has 1 aromatic heterocycles. The molecule has 1 saturated heterocycles. The molecular formula is C17H22F2N4O2S. The van der Waals surface area contributed by atoms with Gasteiger partial charge in [0.2, 0.25) is 10.0 Å². The lowest BCUT2D eigenvalue weighted by atomic mass is 9.99. The minimum absolute atomic E-state index is 0.0866. The Morgan fingerprint density at radius 3 is 2.81 bits per heavy atom. The number of piperidine rings is 1. The Bertz CT molecular complexity index is 854. The highest BCUT2D eigenvalue weighted by atomic mass is 32.2. The van der Waals surface area contributed by atoms with Gasteiger partial charge in [0.05, 0.1) is 12.4 Å². The summed E-state index contributed by atoms with van der Waals surface area (Å²) in [5, 5.41) is 3.38. The number of hydrogen-bond donors (Lipinski definition) is 1. The number of sulfonamides is 1. The van der Waals surface area contributed by atoms with Gasteiger partial charge in [0.25, 0.3) is 0 Å². The van der Waals surface area contributed by atoms with E-state index in [4.69, 9.17) is 0 Å². The fourth-order valence-corrected chi connectivity index (χ4v) is 4.14. The molecule has 1 aliphatic rings. The summed E-state index contributed by atoms with van der Waals surface area (Å²) in [6.07, 6.45) is 4.05. The molecule has 26 heavy (non-hydrogen) atoms. The summed E-state index contributed by atoms with van der Waals surface area (Å²) in [5.41, 5.74) is 1.86. The molecule has 142 valence electrons. The van der Waals surface area contributed by atoms with Gasteiger partial charge in [-0.05, 0) is 30.4 Å². The van der Waals surface area contributed by atoms with Crippen molar-refractivity contribution in [3.63, 3.8) is 0 Å². The Kier molecular flexibility index (Phi) is 5.57. The molecule has 0 bridgehead atoms. The second-order valence-corrected chi connectivity index (χ2v) is 8.35. The van der Waals surface area contributed by atoms with Crippen molar-refractivity contribution in [2.24, 2.45) is 5.92 Å². The molecule has 0 spiro atoms. The second kappa shape index (κ2) is 7.71. The van der Waals surface area contributed by atoms with Gasteiger partial charge in [0.15, 0.2) is 0 Å². The molecule has 9 heteroatoms. The monoisotopic (exact) mass is 384 g/mol. The standard InChI is InChI=1S/C17H22F2N4O2S/c1-13-5-4-8-22(11-13)16-7-3-2-6-14(16)9-21-26(24,25)15-10-20-23(12-15)17(18)19/h2-3,6-7,10,12-13,17,21H,4-5,8-9,11H2,1H3. The van der Waals surface area contributed by atoms with E-state index in [0.29, 0.717) is 10.6 Å². The van der Waals surface area contributed by atoms with Crippen molar-refractivity contribution < 1.29 is 17.2 Å². The molecule has 3 rings (SSSR count). The Labute approximate surface area is 151 Å². The third-order valence-electron chi connectivity index (χ3n) is 4.53. The molecule has 1 unspecified atom stereocenters. The molecule has 1 fully saturated rings. The summed E-state index contributed by atoms with van der Waals surface area (Å²) in [6.45, 7) is 1.29. The Morgan fingerprint density at radius 1 is 1.35 bits per heavy atom. The van der Waals surface area contributed by atoms with Crippen molar-refractivity contribution in [1.82, 2.24) is 14.5 Å². The maximum atomic E-state index is 12.6. The van der Waals surface area contributed by atoms with Gasteiger partial charge in [-0.3, -0.25) is 0 Å². The number of nitrogens with one attached hydrogen (secondary N) is 1. The molecule has 2 heterocycles. The first kappa shape index (κ1) is 18.8. The summed E-state index contributed by atoms with van der Waals surface area (Å²) in [4.78, 5) is 1.99. The van der Waals surface area contributed by atoms with Crippen molar-refractivity contribution in [2.45, 2.75) is 37.8 Å². The largest absolute Gasteiger partial charge is 0.371 e. The van der Waals surface area contributed by atoms with Crippen LogP contribution in [0, 0.1) is 5.92 Å². The Balaban J connectivity index is 1.75. The second-order valence-electron chi connectivity index (χ2n) is 6.58. The van der Waals surface area contributed by atoms with Gasteiger partial charge in [0, 0.05) is 25.3 Å². The minimum Gasteiger partial charge on any atom is -0.371 e. The third-order valence-corrected chi connectivity index (χ3v) is 5.89. The smallest absolute Gasteiger partial charge is 0.333 e. The number of hydrogen-bond acceptors (Lipinski definition) is 4. The van der Waals surface area contributed by atoms with Crippen LogP contribution in [0.25, 0.3) is 0 Å². The van der Waals surface area contributed by atoms with E-state index >= 15 is 0 Å². The van der Waals surface area contributed by atoms with Crippen LogP contribution >= 0.6 is 0 Å². The number of anilines is 1. The van der Waals surface area contributed by atoms with Crippen molar-refractivity contribution in [3.05, 3.63) is 42.2 Å². The molecule has 6 nitrogen and oxygen atoms in total. The molecule has 0 radical (unpaired) electrons. The van der Waals surface area contributed by atoms with Crippen LogP contribution in [-0.2, 0) is 16.6 Å². The van der Waals surface area contributed by atoms with Gasteiger partial charge in [-0.25, -0.2) is 17.8 Å². The summed E-state index contributed by atoms with van der Waals surface area (Å²) >= 11 is 0. The van der Waals surface area contributed by atoms with Crippen molar-refractivity contribution in [1.29, 1.82) is 0 Å². The zero-order valence-corrected chi connectivity index (χ0v) is 15.3. The number of aromatic nitrogens is 2. The number of rotatable bonds is 6. The SMILES string of the molecule is CC1CCCN(c2ccccc2CNS(=O)(=O)c2cnn(C(F)F)c2)C1. The number of alkyl halides is 2. The predicted molar refractivity (Wildman–Crippen MR) is 94.6 cm³/mol. The van der Waals surface area contributed by atoms with E-state index in [-0.39, 0.29) is 11.4 Å². The average molecular weight is 384 g/mol. The first-order valence-electron chi connectivity index (χ1n) is 8.51. The molecule has 0 aliphatic carbocycles. The number of nitrogens with zero attached hydrogens (tertiary/aromatic N) is 3. The van der Waals surface area contributed by atoms with Gasteiger partial charge in [-0.15, -0.1) is 0 Å². The van der Waals surface area contributed by atoms with E-state index in [1.807, 2.05) is 24.3 Å². The first-order chi connectivity index (χ1) is 12.4. The summed E-state index contributed by atoms with van der Waals surface area (Å²) < 4.78 is 52.7. The number of benzene rings is 1. The lowest BCUT2D eigenvalue weighted by Gasteiger charge is -2.34. The normalized spacial score (nSPS) is 18.5. The van der Waals surface area contributed by atoms with E-state index in [9.17, 15) is 17.2 Å². The van der Waals surface area contributed by atoms with Crippen LogP contribution < -0.4 is 9.62 Å². The zero-order valence-electron chi connectivity index (χ0n) is 14.5. The molecule has 1 aromatic carbocycles. The topological polar surface area (TPSA) is 67.2 Å². The van der Waals surface area contributed by atoms with Crippen molar-refractivity contribution >= 4 is 15.7 Å². The maximum absolute atomic E-state index is 12.6. The Morgan fingerprint density at radius 2 is 2.12 bits per heavy atom. The van der Waals surface area contributed by atoms with Gasteiger partial charge in [0.1, 0.15) is 4.90 Å². The van der Waals surface area contributed by atoms with Crippen LogP contribution in [-0.4, -0.2) is 31.3 Å². The number of para-hydroxylation sites is 1. The summed E-state index contributed by atoms with van der Waals surface area (Å²) in [7, 11) is -3.91. The fraction of sp³-hybridized carbons (Fsp3) is 0.471. The van der Waals surface area contributed by atoms with Gasteiger partial charge < -0.3 is 4.90 Å². The Hall–Kier alpha value is -2.00. The fourth-order valence-electron chi connectivity index (χ4n) is 3.20. The van der Waals surface area contributed by atoms with E-state index in [2.05, 4.69) is 21.6 Å². The molecule has 0 amide bonds. The molecule has 1 N–H and O–H groups in total. The minimum atomic E-state index is -3.91. The van der Waals surface area contributed by atoms with Crippen molar-refractivity contribution in [3.8, 4) is 0 Å². The molecule has 1 aliphatic heterocycles. The van der Waals surface area contributed by atoms with Crippen LogP contribution in [0.3, 0.4) is 0 Å². The zero-order chi connectivity index (χ0) is 18.7. The van der Waals surface area contributed by atoms with Crippen LogP contribution in [0.2, 0.25) is 0 Å². The van der Waals surface area contributed by atoms with Gasteiger partial charge >= 0.3 is 6.55 Å². The average Bonchev–Trinajstić information content (AvgIpc) is 3.12. The molecule has 2 aromatic rings. The van der Waals surface area contributed by atoms with E-state index < -0.39 is 16.6 Å². The predicted octanol–water partition coefficient (Wildman–Crippen LogP) is 2.99. The highest BCUT2D eigenvalue weighted by molar-refractivity contribution is 7.89. The van der Waals surface area contributed by atoms with E-state index in [0.717, 1.165) is 43.2 Å². The molecular weight excluding hydrogens is 362 g/mol. The quantitative estimate of drug-likeness (QED) is 0.831. The lowest BCUT2D eigenvalue weighted by Crippen LogP contribution is -2.35. The number of halogens is 2. The van der Waals surface area contributed by atoms with Crippen LogP contribution in [0.1, 0.15) is 31.9 Å². The summed E-state index contributed by atoms with van der Waals surface area (Å²) in [6, 6.07) is 7.64. The third kappa shape index (κ3) is 4.21. The van der Waals surface area contributed by atoms with Gasteiger partial charge in [-0.2, -0.15) is 13.9 Å². The van der Waals surface area contributed by atoms with Crippen LogP contribution in [0.15, 0.2) is 41.6 Å². The van der Waals surface area contributed by atoms with E-state index in [1.54, 1.807) is 0 Å². The van der Waals surface area contributed by atoms with Crippen LogP contribution in [0.4, 0.5) is 14.5 Å². The van der Waals surface area contributed by atoms with Gasteiger partial charge in [-0.1, -0.05) is 25.1 Å². The summed E-state index contributed by atoms with van der Waals surface area (Å²) in [5.74, 6) is 0.591. The maximum Gasteiger partial charge on any atom is 0.333 e. The molecule has 0 saturated carbocycles.